The van der Waals surface area contributed by atoms with Crippen LogP contribution in [0.1, 0.15) is 84.0 Å². The van der Waals surface area contributed by atoms with E-state index in [4.69, 9.17) is 4.74 Å². The molecule has 0 N–H and O–H groups in total. The van der Waals surface area contributed by atoms with E-state index < -0.39 is 0 Å². The second kappa shape index (κ2) is 4.97. The molecule has 8 aliphatic carbocycles. The molecule has 0 aliphatic heterocycles. The first-order valence-corrected chi connectivity index (χ1v) is 11.3. The maximum atomic E-state index is 12.5. The van der Waals surface area contributed by atoms with Gasteiger partial charge in [-0.2, -0.15) is 0 Å². The van der Waals surface area contributed by atoms with Crippen molar-refractivity contribution in [3.8, 4) is 0 Å². The van der Waals surface area contributed by atoms with Crippen LogP contribution in [-0.4, -0.2) is 11.6 Å². The summed E-state index contributed by atoms with van der Waals surface area (Å²) in [6, 6.07) is 0. The minimum Gasteiger partial charge on any atom is -0.456 e. The van der Waals surface area contributed by atoms with Crippen LogP contribution in [0.25, 0.3) is 0 Å². The normalized spacial score (nSPS) is 56.0. The van der Waals surface area contributed by atoms with Crippen LogP contribution in [0.5, 0.6) is 0 Å². The minimum absolute atomic E-state index is 0.132. The Labute approximate surface area is 158 Å². The average molecular weight is 355 g/mol. The smallest absolute Gasteiger partial charge is 0.333 e. The molecule has 0 aromatic heterocycles. The molecule has 8 rings (SSSR count). The Balaban J connectivity index is 1.37. The second-order valence-corrected chi connectivity index (χ2v) is 11.8. The average Bonchev–Trinajstić information content (AvgIpc) is 2.51. The molecule has 8 bridgehead atoms. The molecule has 2 atom stereocenters. The summed E-state index contributed by atoms with van der Waals surface area (Å²) in [6.07, 6.45) is 16.8. The second-order valence-electron chi connectivity index (χ2n) is 11.8. The molecular weight excluding hydrogens is 320 g/mol. The number of carbonyl (C=O) groups is 1. The van der Waals surface area contributed by atoms with E-state index in [0.29, 0.717) is 16.4 Å². The molecule has 26 heavy (non-hydrogen) atoms. The van der Waals surface area contributed by atoms with Crippen molar-refractivity contribution in [1.82, 2.24) is 0 Å². The molecule has 2 heteroatoms. The number of rotatable bonds is 3. The van der Waals surface area contributed by atoms with Crippen molar-refractivity contribution in [3.05, 3.63) is 12.2 Å². The first-order valence-electron chi connectivity index (χ1n) is 11.3. The lowest BCUT2D eigenvalue weighted by Crippen LogP contribution is -2.65. The van der Waals surface area contributed by atoms with Crippen LogP contribution >= 0.6 is 0 Å². The fourth-order valence-electron chi connectivity index (χ4n) is 9.96. The van der Waals surface area contributed by atoms with Crippen molar-refractivity contribution in [2.24, 2.45) is 40.4 Å². The van der Waals surface area contributed by atoms with Gasteiger partial charge < -0.3 is 4.74 Å². The third kappa shape index (κ3) is 2.08. The highest BCUT2D eigenvalue weighted by molar-refractivity contribution is 5.87. The van der Waals surface area contributed by atoms with Crippen LogP contribution in [0, 0.1) is 40.4 Å². The van der Waals surface area contributed by atoms with Crippen LogP contribution < -0.4 is 0 Å². The molecule has 0 radical (unpaired) electrons. The van der Waals surface area contributed by atoms with E-state index in [-0.39, 0.29) is 11.6 Å². The highest BCUT2D eigenvalue weighted by Crippen LogP contribution is 2.75. The van der Waals surface area contributed by atoms with Gasteiger partial charge in [0, 0.05) is 5.57 Å². The molecule has 0 heterocycles. The molecule has 2 nitrogen and oxygen atoms in total. The van der Waals surface area contributed by atoms with Crippen molar-refractivity contribution in [2.75, 3.05) is 0 Å². The number of esters is 1. The zero-order valence-corrected chi connectivity index (χ0v) is 16.4. The van der Waals surface area contributed by atoms with Gasteiger partial charge in [-0.15, -0.1) is 0 Å². The van der Waals surface area contributed by atoms with Crippen LogP contribution in [0.4, 0.5) is 0 Å². The summed E-state index contributed by atoms with van der Waals surface area (Å²) in [5.41, 5.74) is 1.51. The lowest BCUT2D eigenvalue weighted by atomic mass is 9.34. The van der Waals surface area contributed by atoms with Gasteiger partial charge in [-0.3, -0.25) is 0 Å². The summed E-state index contributed by atoms with van der Waals surface area (Å²) in [7, 11) is 0. The van der Waals surface area contributed by atoms with E-state index >= 15 is 0 Å². The zero-order valence-electron chi connectivity index (χ0n) is 16.4. The van der Waals surface area contributed by atoms with E-state index in [2.05, 4.69) is 6.58 Å². The zero-order chi connectivity index (χ0) is 17.7. The molecule has 0 aromatic rings. The number of hydrogen-bond acceptors (Lipinski definition) is 2. The topological polar surface area (TPSA) is 26.3 Å². The minimum atomic E-state index is -0.149. The van der Waals surface area contributed by atoms with Crippen molar-refractivity contribution in [3.63, 3.8) is 0 Å². The fraction of sp³-hybridized carbons (Fsp3) is 0.875. The van der Waals surface area contributed by atoms with Gasteiger partial charge >= 0.3 is 5.97 Å². The van der Waals surface area contributed by atoms with E-state index in [0.717, 1.165) is 42.4 Å². The van der Waals surface area contributed by atoms with Gasteiger partial charge in [-0.1, -0.05) is 6.58 Å². The monoisotopic (exact) mass is 354 g/mol. The predicted octanol–water partition coefficient (Wildman–Crippen LogP) is 5.66. The maximum Gasteiger partial charge on any atom is 0.333 e. The summed E-state index contributed by atoms with van der Waals surface area (Å²) in [4.78, 5) is 12.5. The number of ether oxygens (including phenoxy) is 1. The molecule has 0 spiro atoms. The lowest BCUT2D eigenvalue weighted by molar-refractivity contribution is -0.248. The Morgan fingerprint density at radius 1 is 0.769 bits per heavy atom. The number of carbonyl (C=O) groups excluding carboxylic acids is 1. The van der Waals surface area contributed by atoms with Gasteiger partial charge in [0.05, 0.1) is 0 Å². The summed E-state index contributed by atoms with van der Waals surface area (Å²) in [6.45, 7) is 5.65. The van der Waals surface area contributed by atoms with Crippen LogP contribution in [0.15, 0.2) is 12.2 Å². The molecule has 8 saturated carbocycles. The molecule has 2 unspecified atom stereocenters. The molecular formula is C24H34O2. The van der Waals surface area contributed by atoms with Gasteiger partial charge in [0.1, 0.15) is 5.60 Å². The Hall–Kier alpha value is -0.790. The largest absolute Gasteiger partial charge is 0.456 e. The lowest BCUT2D eigenvalue weighted by Gasteiger charge is -2.71. The van der Waals surface area contributed by atoms with Crippen LogP contribution in [0.3, 0.4) is 0 Å². The SMILES string of the molecule is C=C(C)C(=O)OC12CC3CC(C1)CC(C14CC5CC(CC(C5)C1)C4)(C3)C2. The highest BCUT2D eigenvalue weighted by Gasteiger charge is 2.68. The van der Waals surface area contributed by atoms with E-state index in [1.54, 1.807) is 6.92 Å². The van der Waals surface area contributed by atoms with Crippen molar-refractivity contribution in [2.45, 2.75) is 89.6 Å². The fourth-order valence-corrected chi connectivity index (χ4v) is 9.96. The quantitative estimate of drug-likeness (QED) is 0.483. The summed E-state index contributed by atoms with van der Waals surface area (Å²) in [5.74, 6) is 4.53. The van der Waals surface area contributed by atoms with Gasteiger partial charge in [0.25, 0.3) is 0 Å². The van der Waals surface area contributed by atoms with E-state index in [1.807, 2.05) is 0 Å². The summed E-state index contributed by atoms with van der Waals surface area (Å²) >= 11 is 0. The molecule has 142 valence electrons. The number of hydrogen-bond donors (Lipinski definition) is 0. The van der Waals surface area contributed by atoms with Crippen molar-refractivity contribution in [1.29, 1.82) is 0 Å². The predicted molar refractivity (Wildman–Crippen MR) is 101 cm³/mol. The third-order valence-corrected chi connectivity index (χ3v) is 9.83. The standard InChI is InChI=1S/C24H34O2/c1-15(2)21(25)26-24-12-19-6-20(13-24)11-23(10-19,14-24)22-7-16-3-17(8-22)5-18(4-16)9-22/h16-20H,1,3-14H2,2H3. The van der Waals surface area contributed by atoms with Crippen LogP contribution in [-0.2, 0) is 9.53 Å². The van der Waals surface area contributed by atoms with E-state index in [1.165, 1.54) is 64.2 Å². The molecule has 0 saturated heterocycles. The first kappa shape index (κ1) is 16.2. The van der Waals surface area contributed by atoms with Gasteiger partial charge in [-0.25, -0.2) is 4.79 Å². The van der Waals surface area contributed by atoms with Gasteiger partial charge in [0.2, 0.25) is 0 Å². The molecule has 0 aromatic carbocycles. The Morgan fingerprint density at radius 2 is 1.23 bits per heavy atom. The van der Waals surface area contributed by atoms with Crippen molar-refractivity contribution < 1.29 is 9.53 Å². The Morgan fingerprint density at radius 3 is 1.73 bits per heavy atom. The highest BCUT2D eigenvalue weighted by atomic mass is 16.6. The molecule has 8 fully saturated rings. The maximum absolute atomic E-state index is 12.5. The Kier molecular flexibility index (Phi) is 3.10. The molecule has 0 amide bonds. The van der Waals surface area contributed by atoms with Crippen molar-refractivity contribution >= 4 is 5.97 Å². The summed E-state index contributed by atoms with van der Waals surface area (Å²) < 4.78 is 6.26. The van der Waals surface area contributed by atoms with E-state index in [9.17, 15) is 4.79 Å². The first-order chi connectivity index (χ1) is 12.4. The summed E-state index contributed by atoms with van der Waals surface area (Å²) in [5, 5.41) is 0. The van der Waals surface area contributed by atoms with Gasteiger partial charge in [-0.05, 0) is 124 Å². The third-order valence-electron chi connectivity index (χ3n) is 9.83. The van der Waals surface area contributed by atoms with Crippen LogP contribution in [0.2, 0.25) is 0 Å². The van der Waals surface area contributed by atoms with Gasteiger partial charge in [0.15, 0.2) is 0 Å². The molecule has 8 aliphatic rings. The Bertz CT molecular complexity index is 624.